The van der Waals surface area contributed by atoms with Gasteiger partial charge in [-0.25, -0.2) is 24.2 Å². The van der Waals surface area contributed by atoms with E-state index in [0.29, 0.717) is 71.8 Å². The van der Waals surface area contributed by atoms with Crippen LogP contribution in [0.1, 0.15) is 34.9 Å². The van der Waals surface area contributed by atoms with Crippen LogP contribution in [0.3, 0.4) is 0 Å². The number of piperazine rings is 1. The average Bonchev–Trinajstić information content (AvgIpc) is 3.49. The number of ether oxygens (including phenoxy) is 1. The number of amides is 1. The van der Waals surface area contributed by atoms with Crippen LogP contribution in [-0.4, -0.2) is 91.2 Å². The summed E-state index contributed by atoms with van der Waals surface area (Å²) in [7, 11) is -3.30. The standard InChI is InChI=1S/C24H31ClN7O4PS.C4H9NO/c1-5-35-37(34,36-6-2)32-12-10-31(11-13-32)21-14-20(27-17(4)28-21)29-24-26-15-19(38-24)23(33)30-22-16(3)8-7-9-18(22)25;1-3-6-4-2-5-1/h7-9,14-15H,5-6,10-13H2,1-4H3,(H,30,33)(H,26,27,28,29);5H,1-4H2. The van der Waals surface area contributed by atoms with Gasteiger partial charge in [0.2, 0.25) is 0 Å². The van der Waals surface area contributed by atoms with Gasteiger partial charge in [0.1, 0.15) is 22.3 Å². The molecule has 0 saturated carbocycles. The summed E-state index contributed by atoms with van der Waals surface area (Å²) in [4.78, 5) is 28.7. The molecule has 3 N–H and O–H groups in total. The molecule has 16 heteroatoms. The molecule has 2 aliphatic rings. The Bertz CT molecular complexity index is 1390. The van der Waals surface area contributed by atoms with Crippen molar-refractivity contribution in [3.05, 3.63) is 51.7 Å². The Hall–Kier alpha value is -2.68. The van der Waals surface area contributed by atoms with Gasteiger partial charge < -0.3 is 25.6 Å². The van der Waals surface area contributed by atoms with E-state index < -0.39 is 7.75 Å². The maximum absolute atomic E-state index is 13.1. The first kappa shape index (κ1) is 34.2. The molecule has 4 heterocycles. The van der Waals surface area contributed by atoms with Gasteiger partial charge in [0.25, 0.3) is 5.91 Å². The SMILES string of the molecule is C1COCCN1.CCOP(=O)(OCC)N1CCN(c2cc(Nc3ncc(C(=O)Nc4c(C)cccc4Cl)s3)nc(C)n2)CC1. The van der Waals surface area contributed by atoms with E-state index in [-0.39, 0.29) is 5.91 Å². The molecule has 1 aromatic carbocycles. The van der Waals surface area contributed by atoms with Gasteiger partial charge in [-0.2, -0.15) is 0 Å². The molecule has 0 aliphatic carbocycles. The van der Waals surface area contributed by atoms with Gasteiger partial charge in [0.15, 0.2) is 5.13 Å². The summed E-state index contributed by atoms with van der Waals surface area (Å²) >= 11 is 7.45. The molecule has 3 aromatic rings. The fourth-order valence-electron chi connectivity index (χ4n) is 4.50. The second kappa shape index (κ2) is 16.6. The van der Waals surface area contributed by atoms with E-state index in [1.165, 1.54) is 17.5 Å². The maximum atomic E-state index is 13.1. The van der Waals surface area contributed by atoms with Crippen LogP contribution in [0.4, 0.5) is 22.5 Å². The minimum Gasteiger partial charge on any atom is -0.379 e. The van der Waals surface area contributed by atoms with Crippen LogP contribution < -0.4 is 20.9 Å². The smallest absolute Gasteiger partial charge is 0.379 e. The Morgan fingerprint density at radius 2 is 1.82 bits per heavy atom. The minimum absolute atomic E-state index is 0.291. The summed E-state index contributed by atoms with van der Waals surface area (Å²) < 4.78 is 30.8. The normalized spacial score (nSPS) is 15.8. The van der Waals surface area contributed by atoms with Crippen LogP contribution in [0, 0.1) is 13.8 Å². The predicted octanol–water partition coefficient (Wildman–Crippen LogP) is 5.11. The molecular formula is C28H40ClN8O5PS. The zero-order valence-corrected chi connectivity index (χ0v) is 27.9. The highest BCUT2D eigenvalue weighted by Gasteiger charge is 2.35. The lowest BCUT2D eigenvalue weighted by Crippen LogP contribution is -2.45. The van der Waals surface area contributed by atoms with E-state index in [0.717, 1.165) is 37.7 Å². The van der Waals surface area contributed by atoms with Gasteiger partial charge in [-0.1, -0.05) is 35.1 Å². The molecule has 0 atom stereocenters. The highest BCUT2D eigenvalue weighted by Crippen LogP contribution is 2.52. The first-order valence-electron chi connectivity index (χ1n) is 14.5. The number of morpholine rings is 1. The molecular weight excluding hydrogens is 627 g/mol. The third-order valence-electron chi connectivity index (χ3n) is 6.61. The lowest BCUT2D eigenvalue weighted by molar-refractivity contribution is 0.103. The number of carbonyl (C=O) groups is 1. The number of aromatic nitrogens is 3. The number of nitrogens with one attached hydrogen (secondary N) is 3. The van der Waals surface area contributed by atoms with Crippen LogP contribution in [0.2, 0.25) is 5.02 Å². The van der Waals surface area contributed by atoms with Crippen LogP contribution in [0.15, 0.2) is 30.5 Å². The van der Waals surface area contributed by atoms with Gasteiger partial charge in [0, 0.05) is 45.3 Å². The van der Waals surface area contributed by atoms with Crippen molar-refractivity contribution in [1.29, 1.82) is 0 Å². The van der Waals surface area contributed by atoms with Crippen molar-refractivity contribution in [3.63, 3.8) is 0 Å². The number of thiazole rings is 1. The Balaban J connectivity index is 0.000000657. The van der Waals surface area contributed by atoms with Gasteiger partial charge >= 0.3 is 7.75 Å². The second-order valence-corrected chi connectivity index (χ2v) is 13.3. The van der Waals surface area contributed by atoms with Crippen LogP contribution in [0.25, 0.3) is 0 Å². The number of nitrogens with zero attached hydrogens (tertiary/aromatic N) is 5. The number of para-hydroxylation sites is 1. The van der Waals surface area contributed by atoms with Gasteiger partial charge in [-0.3, -0.25) is 13.8 Å². The van der Waals surface area contributed by atoms with Crippen LogP contribution in [-0.2, 0) is 18.3 Å². The molecule has 2 aliphatic heterocycles. The predicted molar refractivity (Wildman–Crippen MR) is 175 cm³/mol. The number of aryl methyl sites for hydroxylation is 2. The van der Waals surface area contributed by atoms with Crippen LogP contribution in [0.5, 0.6) is 0 Å². The molecule has 13 nitrogen and oxygen atoms in total. The monoisotopic (exact) mass is 666 g/mol. The second-order valence-electron chi connectivity index (χ2n) is 9.81. The highest BCUT2D eigenvalue weighted by molar-refractivity contribution is 7.51. The summed E-state index contributed by atoms with van der Waals surface area (Å²) in [6, 6.07) is 7.28. The Morgan fingerprint density at radius 1 is 1.11 bits per heavy atom. The van der Waals surface area contributed by atoms with Crippen molar-refractivity contribution < 1.29 is 23.1 Å². The molecule has 2 saturated heterocycles. The summed E-state index contributed by atoms with van der Waals surface area (Å²) in [5, 5.41) is 10.2. The molecule has 0 unspecified atom stereocenters. The summed E-state index contributed by atoms with van der Waals surface area (Å²) in [6.07, 6.45) is 1.51. The highest BCUT2D eigenvalue weighted by atomic mass is 35.5. The fraction of sp³-hybridized carbons (Fsp3) is 0.500. The van der Waals surface area contributed by atoms with E-state index in [4.69, 9.17) is 25.4 Å². The van der Waals surface area contributed by atoms with E-state index in [1.807, 2.05) is 32.0 Å². The molecule has 0 spiro atoms. The Morgan fingerprint density at radius 3 is 2.41 bits per heavy atom. The molecule has 44 heavy (non-hydrogen) atoms. The minimum atomic E-state index is -3.30. The molecule has 1 amide bonds. The Labute approximate surface area is 267 Å². The third-order valence-corrected chi connectivity index (χ3v) is 10.1. The molecule has 2 aromatic heterocycles. The van der Waals surface area contributed by atoms with Crippen molar-refractivity contribution >= 4 is 59.0 Å². The number of halogens is 1. The zero-order chi connectivity index (χ0) is 31.5. The van der Waals surface area contributed by atoms with Crippen molar-refractivity contribution in [2.24, 2.45) is 0 Å². The van der Waals surface area contributed by atoms with Gasteiger partial charge in [0.05, 0.1) is 43.3 Å². The number of hydrogen-bond acceptors (Lipinski definition) is 12. The number of benzene rings is 1. The first-order chi connectivity index (χ1) is 21.2. The third kappa shape index (κ3) is 9.41. The Kier molecular flexibility index (Phi) is 12.9. The van der Waals surface area contributed by atoms with Crippen molar-refractivity contribution in [1.82, 2.24) is 24.9 Å². The molecule has 0 bridgehead atoms. The summed E-state index contributed by atoms with van der Waals surface area (Å²) in [5.74, 6) is 1.60. The van der Waals surface area contributed by atoms with Gasteiger partial charge in [-0.05, 0) is 39.3 Å². The maximum Gasteiger partial charge on any atom is 0.408 e. The first-order valence-corrected chi connectivity index (χ1v) is 17.2. The van der Waals surface area contributed by atoms with E-state index in [9.17, 15) is 9.36 Å². The van der Waals surface area contributed by atoms with Crippen molar-refractivity contribution in [3.8, 4) is 0 Å². The van der Waals surface area contributed by atoms with Gasteiger partial charge in [-0.15, -0.1) is 0 Å². The van der Waals surface area contributed by atoms with E-state index in [2.05, 4.69) is 35.8 Å². The molecule has 2 fully saturated rings. The van der Waals surface area contributed by atoms with Crippen molar-refractivity contribution in [2.75, 3.05) is 81.2 Å². The molecule has 0 radical (unpaired) electrons. The molecule has 5 rings (SSSR count). The number of rotatable bonds is 10. The number of hydrogen-bond donors (Lipinski definition) is 3. The largest absolute Gasteiger partial charge is 0.408 e. The van der Waals surface area contributed by atoms with Crippen molar-refractivity contribution in [2.45, 2.75) is 27.7 Å². The topological polar surface area (TPSA) is 143 Å². The summed E-state index contributed by atoms with van der Waals surface area (Å²) in [6.45, 7) is 14.0. The summed E-state index contributed by atoms with van der Waals surface area (Å²) in [5.41, 5.74) is 1.45. The zero-order valence-electron chi connectivity index (χ0n) is 25.5. The average molecular weight is 667 g/mol. The fourth-order valence-corrected chi connectivity index (χ4v) is 7.21. The number of carbonyl (C=O) groups excluding carboxylic acids is 1. The lowest BCUT2D eigenvalue weighted by Gasteiger charge is -2.37. The van der Waals surface area contributed by atoms with E-state index in [1.54, 1.807) is 24.6 Å². The van der Waals surface area contributed by atoms with Crippen LogP contribution >= 0.6 is 30.7 Å². The quantitative estimate of drug-likeness (QED) is 0.248. The lowest BCUT2D eigenvalue weighted by atomic mass is 10.2. The molecule has 240 valence electrons. The number of anilines is 4. The van der Waals surface area contributed by atoms with E-state index >= 15 is 0 Å².